The van der Waals surface area contributed by atoms with E-state index in [0.717, 1.165) is 48.2 Å². The number of alkyl halides is 3. The number of carbonyl (C=O) groups is 2. The summed E-state index contributed by atoms with van der Waals surface area (Å²) in [5.74, 6) is -0.748. The van der Waals surface area contributed by atoms with Gasteiger partial charge in [0.05, 0.1) is 11.5 Å². The zero-order chi connectivity index (χ0) is 32.3. The van der Waals surface area contributed by atoms with Gasteiger partial charge in [0.2, 0.25) is 5.91 Å². The molecule has 1 saturated heterocycles. The van der Waals surface area contributed by atoms with Crippen molar-refractivity contribution in [2.24, 2.45) is 0 Å². The largest absolute Gasteiger partial charge is 0.457 e. The monoisotopic (exact) mass is 663 g/mol. The summed E-state index contributed by atoms with van der Waals surface area (Å²) in [5.41, 5.74) is 4.45. The Balaban J connectivity index is 0.00000433. The summed E-state index contributed by atoms with van der Waals surface area (Å²) >= 11 is 0. The summed E-state index contributed by atoms with van der Waals surface area (Å²) in [7, 11) is 0. The summed E-state index contributed by atoms with van der Waals surface area (Å²) in [6.45, 7) is 2.25. The fraction of sp³-hybridized carbons (Fsp3) is 0.297. The van der Waals surface area contributed by atoms with Crippen molar-refractivity contribution >= 4 is 24.2 Å². The van der Waals surface area contributed by atoms with Gasteiger partial charge in [0.25, 0.3) is 5.91 Å². The predicted molar refractivity (Wildman–Crippen MR) is 178 cm³/mol. The van der Waals surface area contributed by atoms with Gasteiger partial charge >= 0.3 is 6.18 Å². The number of carbonyl (C=O) groups excluding carboxylic acids is 2. The number of halogens is 4. The van der Waals surface area contributed by atoms with Crippen molar-refractivity contribution in [2.45, 2.75) is 50.4 Å². The topological polar surface area (TPSA) is 70.7 Å². The van der Waals surface area contributed by atoms with Crippen LogP contribution < -0.4 is 15.4 Å². The number of amides is 2. The first-order valence-corrected chi connectivity index (χ1v) is 15.6. The van der Waals surface area contributed by atoms with E-state index >= 15 is 0 Å². The maximum absolute atomic E-state index is 13.6. The maximum Gasteiger partial charge on any atom is 0.405 e. The van der Waals surface area contributed by atoms with E-state index in [2.05, 4.69) is 15.5 Å². The molecule has 246 valence electrons. The molecule has 2 N–H and O–H groups in total. The zero-order valence-electron chi connectivity index (χ0n) is 25.9. The van der Waals surface area contributed by atoms with Crippen LogP contribution in [-0.2, 0) is 4.79 Å². The lowest BCUT2D eigenvalue weighted by Crippen LogP contribution is -2.39. The molecular weight excluding hydrogens is 627 g/mol. The number of ether oxygens (including phenoxy) is 1. The number of rotatable bonds is 10. The molecule has 1 fully saturated rings. The van der Waals surface area contributed by atoms with E-state index in [1.165, 1.54) is 0 Å². The second-order valence-electron chi connectivity index (χ2n) is 11.9. The van der Waals surface area contributed by atoms with Crippen LogP contribution in [0.5, 0.6) is 11.5 Å². The number of hydrogen-bond donors (Lipinski definition) is 2. The molecule has 3 unspecified atom stereocenters. The molecule has 6 nitrogen and oxygen atoms in total. The van der Waals surface area contributed by atoms with Gasteiger partial charge in [-0.2, -0.15) is 13.2 Å². The Morgan fingerprint density at radius 3 is 2.28 bits per heavy atom. The van der Waals surface area contributed by atoms with Crippen molar-refractivity contribution in [2.75, 3.05) is 19.6 Å². The minimum absolute atomic E-state index is 0. The molecule has 10 heteroatoms. The molecule has 6 rings (SSSR count). The SMILES string of the molecule is CC(CC(c1cccc2c1C(C(=O)NCC(F)(F)F)c1ccccc1-2)N1CCCC1)NC(=O)c1ccccc1Oc1ccccc1.Cl. The maximum atomic E-state index is 13.6. The molecule has 2 aliphatic rings. The molecular formula is C37H37ClF3N3O3. The highest BCUT2D eigenvalue weighted by Gasteiger charge is 2.40. The Bertz CT molecular complexity index is 1710. The number of nitrogens with one attached hydrogen (secondary N) is 2. The Morgan fingerprint density at radius 2 is 1.53 bits per heavy atom. The standard InChI is InChI=1S/C37H36F3N3O3.ClH/c1-24(42-35(44)30-16-7-8-19-32(30)46-25-12-3-2-4-13-25)22-31(43-20-9-10-21-43)29-18-11-17-27-26-14-5-6-15-28(26)34(33(27)29)36(45)41-23-37(38,39)40;/h2-8,11-19,24,31,34H,9-10,20-23H2,1H3,(H,41,45)(H,42,44);1H. The van der Waals surface area contributed by atoms with Gasteiger partial charge in [0.15, 0.2) is 0 Å². The second-order valence-corrected chi connectivity index (χ2v) is 11.9. The Kier molecular flexibility index (Phi) is 10.6. The van der Waals surface area contributed by atoms with Gasteiger partial charge in [0, 0.05) is 12.1 Å². The molecule has 4 aromatic carbocycles. The van der Waals surface area contributed by atoms with Crippen LogP contribution in [-0.4, -0.2) is 48.6 Å². The first-order valence-electron chi connectivity index (χ1n) is 15.6. The van der Waals surface area contributed by atoms with E-state index in [0.29, 0.717) is 29.0 Å². The van der Waals surface area contributed by atoms with Crippen LogP contribution in [0.15, 0.2) is 97.1 Å². The summed E-state index contributed by atoms with van der Waals surface area (Å²) in [5, 5.41) is 5.30. The molecule has 0 radical (unpaired) electrons. The molecule has 1 aliphatic carbocycles. The Hall–Kier alpha value is -4.34. The van der Waals surface area contributed by atoms with Crippen LogP contribution in [0.25, 0.3) is 11.1 Å². The molecule has 0 saturated carbocycles. The van der Waals surface area contributed by atoms with Crippen molar-refractivity contribution < 1.29 is 27.5 Å². The van der Waals surface area contributed by atoms with Crippen molar-refractivity contribution in [1.82, 2.24) is 15.5 Å². The number of nitrogens with zero attached hydrogens (tertiary/aromatic N) is 1. The highest BCUT2D eigenvalue weighted by atomic mass is 35.5. The van der Waals surface area contributed by atoms with Crippen LogP contribution in [0, 0.1) is 0 Å². The van der Waals surface area contributed by atoms with E-state index in [4.69, 9.17) is 4.74 Å². The van der Waals surface area contributed by atoms with Gasteiger partial charge in [-0.05, 0) is 91.4 Å². The molecule has 4 aromatic rings. The number of benzene rings is 4. The van der Waals surface area contributed by atoms with Gasteiger partial charge in [0.1, 0.15) is 18.0 Å². The van der Waals surface area contributed by atoms with Gasteiger partial charge in [-0.1, -0.05) is 72.8 Å². The molecule has 47 heavy (non-hydrogen) atoms. The van der Waals surface area contributed by atoms with Crippen LogP contribution in [0.2, 0.25) is 0 Å². The minimum atomic E-state index is -4.52. The van der Waals surface area contributed by atoms with Crippen LogP contribution in [0.3, 0.4) is 0 Å². The quantitative estimate of drug-likeness (QED) is 0.180. The first-order chi connectivity index (χ1) is 22.2. The smallest absolute Gasteiger partial charge is 0.405 e. The lowest BCUT2D eigenvalue weighted by atomic mass is 9.86. The van der Waals surface area contributed by atoms with Crippen LogP contribution >= 0.6 is 12.4 Å². The Morgan fingerprint density at radius 1 is 0.872 bits per heavy atom. The van der Waals surface area contributed by atoms with Gasteiger partial charge < -0.3 is 15.4 Å². The highest BCUT2D eigenvalue weighted by molar-refractivity contribution is 5.98. The van der Waals surface area contributed by atoms with E-state index in [1.54, 1.807) is 18.2 Å². The van der Waals surface area contributed by atoms with E-state index in [-0.39, 0.29) is 30.4 Å². The van der Waals surface area contributed by atoms with E-state index < -0.39 is 24.5 Å². The van der Waals surface area contributed by atoms with E-state index in [1.807, 2.05) is 85.8 Å². The molecule has 3 atom stereocenters. The molecule has 2 amide bonds. The summed E-state index contributed by atoms with van der Waals surface area (Å²) in [6, 6.07) is 29.2. The fourth-order valence-electron chi connectivity index (χ4n) is 6.72. The third kappa shape index (κ3) is 7.63. The Labute approximate surface area is 278 Å². The lowest BCUT2D eigenvalue weighted by Gasteiger charge is -2.33. The first kappa shape index (κ1) is 34.0. The highest BCUT2D eigenvalue weighted by Crippen LogP contribution is 2.49. The molecule has 1 aliphatic heterocycles. The number of para-hydroxylation sites is 2. The molecule has 0 bridgehead atoms. The number of likely N-dealkylation sites (tertiary alicyclic amines) is 1. The minimum Gasteiger partial charge on any atom is -0.457 e. The van der Waals surface area contributed by atoms with Crippen molar-refractivity contribution in [1.29, 1.82) is 0 Å². The average Bonchev–Trinajstić information content (AvgIpc) is 3.70. The van der Waals surface area contributed by atoms with Crippen molar-refractivity contribution in [3.8, 4) is 22.6 Å². The van der Waals surface area contributed by atoms with Crippen LogP contribution in [0.4, 0.5) is 13.2 Å². The van der Waals surface area contributed by atoms with Gasteiger partial charge in [-0.3, -0.25) is 14.5 Å². The predicted octanol–water partition coefficient (Wildman–Crippen LogP) is 8.04. The summed E-state index contributed by atoms with van der Waals surface area (Å²) in [4.78, 5) is 29.5. The third-order valence-corrected chi connectivity index (χ3v) is 8.71. The van der Waals surface area contributed by atoms with Crippen LogP contribution in [0.1, 0.15) is 65.2 Å². The lowest BCUT2D eigenvalue weighted by molar-refractivity contribution is -0.138. The zero-order valence-corrected chi connectivity index (χ0v) is 26.7. The molecule has 1 heterocycles. The molecule has 0 spiro atoms. The third-order valence-electron chi connectivity index (χ3n) is 8.71. The molecule has 0 aromatic heterocycles. The van der Waals surface area contributed by atoms with Gasteiger partial charge in [-0.15, -0.1) is 12.4 Å². The number of fused-ring (bicyclic) bond motifs is 3. The summed E-state index contributed by atoms with van der Waals surface area (Å²) in [6.07, 6.45) is -1.94. The average molecular weight is 664 g/mol. The fourth-order valence-corrected chi connectivity index (χ4v) is 6.72. The van der Waals surface area contributed by atoms with E-state index in [9.17, 15) is 22.8 Å². The summed E-state index contributed by atoms with van der Waals surface area (Å²) < 4.78 is 45.5. The normalized spacial score (nSPS) is 16.7. The second kappa shape index (κ2) is 14.6. The van der Waals surface area contributed by atoms with Gasteiger partial charge in [-0.25, -0.2) is 0 Å². The number of hydrogen-bond acceptors (Lipinski definition) is 4. The van der Waals surface area contributed by atoms with Crippen molar-refractivity contribution in [3.05, 3.63) is 119 Å². The van der Waals surface area contributed by atoms with Crippen molar-refractivity contribution in [3.63, 3.8) is 0 Å².